The van der Waals surface area contributed by atoms with Crippen LogP contribution in [0.2, 0.25) is 0 Å². The Morgan fingerprint density at radius 1 is 1.15 bits per heavy atom. The Bertz CT molecular complexity index is 950. The van der Waals surface area contributed by atoms with E-state index < -0.39 is 18.1 Å². The summed E-state index contributed by atoms with van der Waals surface area (Å²) in [5.41, 5.74) is 9.44. The monoisotopic (exact) mass is 369 g/mol. The van der Waals surface area contributed by atoms with Crippen LogP contribution in [0.4, 0.5) is 14.5 Å². The van der Waals surface area contributed by atoms with Gasteiger partial charge in [-0.3, -0.25) is 4.99 Å². The predicted molar refractivity (Wildman–Crippen MR) is 102 cm³/mol. The summed E-state index contributed by atoms with van der Waals surface area (Å²) in [6, 6.07) is 13.3. The van der Waals surface area contributed by atoms with Crippen LogP contribution in [0.5, 0.6) is 0 Å². The molecule has 4 nitrogen and oxygen atoms in total. The van der Waals surface area contributed by atoms with Crippen LogP contribution in [0.25, 0.3) is 0 Å². The van der Waals surface area contributed by atoms with Gasteiger partial charge >= 0.3 is 5.92 Å². The van der Waals surface area contributed by atoms with Gasteiger partial charge in [0.05, 0.1) is 5.69 Å². The van der Waals surface area contributed by atoms with Crippen molar-refractivity contribution in [3.05, 3.63) is 64.7 Å². The van der Waals surface area contributed by atoms with Gasteiger partial charge in [0.25, 0.3) is 6.02 Å². The molecule has 0 aromatic heterocycles. The second-order valence-electron chi connectivity index (χ2n) is 7.38. The van der Waals surface area contributed by atoms with Crippen LogP contribution in [0.15, 0.2) is 52.4 Å². The van der Waals surface area contributed by atoms with Gasteiger partial charge in [-0.1, -0.05) is 42.0 Å². The van der Waals surface area contributed by atoms with Gasteiger partial charge in [0.1, 0.15) is 0 Å². The molecule has 0 bridgehead atoms. The van der Waals surface area contributed by atoms with E-state index in [1.165, 1.54) is 18.1 Å². The Morgan fingerprint density at radius 2 is 1.89 bits per heavy atom. The first kappa shape index (κ1) is 17.6. The lowest BCUT2D eigenvalue weighted by molar-refractivity contribution is -0.116. The van der Waals surface area contributed by atoms with Crippen molar-refractivity contribution in [2.24, 2.45) is 15.7 Å². The first-order valence-electron chi connectivity index (χ1n) is 8.88. The lowest BCUT2D eigenvalue weighted by Crippen LogP contribution is -2.50. The average molecular weight is 369 g/mol. The molecule has 2 aliphatic rings. The zero-order valence-electron chi connectivity index (χ0n) is 15.3. The van der Waals surface area contributed by atoms with Crippen LogP contribution in [-0.4, -0.2) is 24.3 Å². The first-order chi connectivity index (χ1) is 12.8. The second-order valence-corrected chi connectivity index (χ2v) is 7.38. The molecule has 0 amide bonds. The van der Waals surface area contributed by atoms with Crippen molar-refractivity contribution in [3.63, 3.8) is 0 Å². The maximum atomic E-state index is 14.5. The smallest absolute Gasteiger partial charge is 0.310 e. The Hall–Kier alpha value is -2.76. The number of fused-ring (bicyclic) bond motifs is 1. The molecule has 0 unspecified atom stereocenters. The highest BCUT2D eigenvalue weighted by atomic mass is 19.3. The number of rotatable bonds is 3. The fourth-order valence-electron chi connectivity index (χ4n) is 3.53. The average Bonchev–Trinajstić information content (AvgIpc) is 3.02. The highest BCUT2D eigenvalue weighted by Gasteiger charge is 2.55. The summed E-state index contributed by atoms with van der Waals surface area (Å²) in [7, 11) is 0. The molecule has 0 radical (unpaired) electrons. The third-order valence-electron chi connectivity index (χ3n) is 5.29. The van der Waals surface area contributed by atoms with Crippen molar-refractivity contribution >= 4 is 17.4 Å². The summed E-state index contributed by atoms with van der Waals surface area (Å²) in [6.45, 7) is 2.67. The van der Waals surface area contributed by atoms with Gasteiger partial charge < -0.3 is 10.5 Å². The normalized spacial score (nSPS) is 23.3. The summed E-state index contributed by atoms with van der Waals surface area (Å²) in [5, 5.41) is 0. The molecule has 0 saturated heterocycles. The molecule has 4 rings (SSSR count). The molecule has 2 aliphatic heterocycles. The third-order valence-corrected chi connectivity index (χ3v) is 5.29. The molecule has 0 spiro atoms. The molecular weight excluding hydrogens is 348 g/mol. The summed E-state index contributed by atoms with van der Waals surface area (Å²) >= 11 is 0. The summed E-state index contributed by atoms with van der Waals surface area (Å²) in [5.74, 6) is -3.14. The SMILES string of the molecule is Cc1ccc(CC2=Nc3ccc([C@@]4(C)N=C(N)OCC4(F)F)cc3C2)cc1. The lowest BCUT2D eigenvalue weighted by Gasteiger charge is -2.37. The van der Waals surface area contributed by atoms with Gasteiger partial charge in [0, 0.05) is 18.6 Å². The predicted octanol–water partition coefficient (Wildman–Crippen LogP) is 4.06. The zero-order chi connectivity index (χ0) is 19.2. The number of hydrogen-bond donors (Lipinski definition) is 1. The lowest BCUT2D eigenvalue weighted by atomic mass is 9.84. The van der Waals surface area contributed by atoms with E-state index in [1.54, 1.807) is 18.2 Å². The minimum absolute atomic E-state index is 0.208. The van der Waals surface area contributed by atoms with E-state index in [1.807, 2.05) is 0 Å². The number of nitrogens with zero attached hydrogens (tertiary/aromatic N) is 2. The fourth-order valence-corrected chi connectivity index (χ4v) is 3.53. The highest BCUT2D eigenvalue weighted by molar-refractivity contribution is 5.95. The molecule has 2 N–H and O–H groups in total. The number of nitrogens with two attached hydrogens (primary N) is 1. The van der Waals surface area contributed by atoms with E-state index in [0.717, 1.165) is 23.4 Å². The molecule has 2 aromatic rings. The van der Waals surface area contributed by atoms with Crippen molar-refractivity contribution in [2.45, 2.75) is 38.2 Å². The number of benzene rings is 2. The van der Waals surface area contributed by atoms with Gasteiger partial charge in [-0.15, -0.1) is 0 Å². The van der Waals surface area contributed by atoms with E-state index in [9.17, 15) is 8.78 Å². The molecule has 0 fully saturated rings. The zero-order valence-corrected chi connectivity index (χ0v) is 15.3. The highest BCUT2D eigenvalue weighted by Crippen LogP contribution is 2.44. The number of hydrogen-bond acceptors (Lipinski definition) is 4. The van der Waals surface area contributed by atoms with Crippen LogP contribution < -0.4 is 5.73 Å². The van der Waals surface area contributed by atoms with Crippen molar-refractivity contribution in [1.82, 2.24) is 0 Å². The molecule has 6 heteroatoms. The van der Waals surface area contributed by atoms with Crippen molar-refractivity contribution in [2.75, 3.05) is 6.61 Å². The fraction of sp³-hybridized carbons (Fsp3) is 0.333. The largest absolute Gasteiger partial charge is 0.459 e. The number of halogens is 2. The Labute approximate surface area is 156 Å². The van der Waals surface area contributed by atoms with Crippen molar-refractivity contribution in [1.29, 1.82) is 0 Å². The van der Waals surface area contributed by atoms with E-state index in [0.29, 0.717) is 12.0 Å². The van der Waals surface area contributed by atoms with E-state index in [4.69, 9.17) is 10.5 Å². The number of aryl methyl sites for hydroxylation is 1. The summed E-state index contributed by atoms with van der Waals surface area (Å²) in [6.07, 6.45) is 1.39. The molecule has 140 valence electrons. The quantitative estimate of drug-likeness (QED) is 0.887. The Morgan fingerprint density at radius 3 is 2.63 bits per heavy atom. The second kappa shape index (κ2) is 6.15. The number of alkyl halides is 2. The maximum absolute atomic E-state index is 14.5. The topological polar surface area (TPSA) is 60.0 Å². The van der Waals surface area contributed by atoms with E-state index in [2.05, 4.69) is 41.2 Å². The molecule has 0 saturated carbocycles. The molecule has 27 heavy (non-hydrogen) atoms. The van der Waals surface area contributed by atoms with E-state index >= 15 is 0 Å². The molecular formula is C21H21F2N3O. The van der Waals surface area contributed by atoms with Gasteiger partial charge in [0.15, 0.2) is 12.1 Å². The number of ether oxygens (including phenoxy) is 1. The van der Waals surface area contributed by atoms with Crippen LogP contribution in [-0.2, 0) is 23.1 Å². The Balaban J connectivity index is 1.60. The minimum atomic E-state index is -3.14. The molecule has 1 atom stereocenters. The number of amidine groups is 1. The summed E-state index contributed by atoms with van der Waals surface area (Å²) in [4.78, 5) is 8.62. The van der Waals surface area contributed by atoms with Gasteiger partial charge in [-0.25, -0.2) is 4.99 Å². The minimum Gasteiger partial charge on any atom is -0.459 e. The van der Waals surface area contributed by atoms with Crippen LogP contribution in [0.3, 0.4) is 0 Å². The van der Waals surface area contributed by atoms with Gasteiger partial charge in [0.2, 0.25) is 0 Å². The standard InChI is InChI=1S/C21H21F2N3O/c1-13-3-5-14(6-4-13)9-17-11-15-10-16(7-8-18(15)25-17)20(2)21(22,23)12-27-19(24)26-20/h3-8,10H,9,11-12H2,1-2H3,(H2,24,26)/t20-/m1/s1. The molecule has 2 aromatic carbocycles. The third kappa shape index (κ3) is 3.09. The van der Waals surface area contributed by atoms with Gasteiger partial charge in [-0.05, 0) is 36.6 Å². The number of aliphatic imine (C=N–C) groups is 2. The van der Waals surface area contributed by atoms with Crippen LogP contribution in [0, 0.1) is 6.92 Å². The van der Waals surface area contributed by atoms with Crippen LogP contribution >= 0.6 is 0 Å². The van der Waals surface area contributed by atoms with Crippen molar-refractivity contribution in [3.8, 4) is 0 Å². The van der Waals surface area contributed by atoms with E-state index in [-0.39, 0.29) is 6.02 Å². The first-order valence-corrected chi connectivity index (χ1v) is 8.88. The molecule has 0 aliphatic carbocycles. The van der Waals surface area contributed by atoms with Gasteiger partial charge in [-0.2, -0.15) is 8.78 Å². The van der Waals surface area contributed by atoms with Crippen LogP contribution in [0.1, 0.15) is 29.2 Å². The van der Waals surface area contributed by atoms with Crippen molar-refractivity contribution < 1.29 is 13.5 Å². The maximum Gasteiger partial charge on any atom is 0.310 e. The summed E-state index contributed by atoms with van der Waals surface area (Å²) < 4.78 is 33.8. The Kier molecular flexibility index (Phi) is 4.02. The molecule has 2 heterocycles.